The summed E-state index contributed by atoms with van der Waals surface area (Å²) in [6.07, 6.45) is 6.14. The molecule has 1 aliphatic carbocycles. The molecule has 1 amide bonds. The third kappa shape index (κ3) is 4.08. The Morgan fingerprint density at radius 3 is 2.84 bits per heavy atom. The van der Waals surface area contributed by atoms with Gasteiger partial charge in [0.1, 0.15) is 0 Å². The van der Waals surface area contributed by atoms with E-state index in [2.05, 4.69) is 15.8 Å². The topological polar surface area (TPSA) is 74.2 Å². The zero-order valence-electron chi connectivity index (χ0n) is 10.7. The van der Waals surface area contributed by atoms with E-state index in [-0.39, 0.29) is 12.3 Å². The van der Waals surface area contributed by atoms with Gasteiger partial charge in [-0.2, -0.15) is 0 Å². The van der Waals surface area contributed by atoms with Crippen LogP contribution in [0.1, 0.15) is 38.5 Å². The maximum absolute atomic E-state index is 11.8. The summed E-state index contributed by atoms with van der Waals surface area (Å²) in [6, 6.07) is 3.43. The van der Waals surface area contributed by atoms with Gasteiger partial charge >= 0.3 is 0 Å². The van der Waals surface area contributed by atoms with Gasteiger partial charge in [0.25, 0.3) is 0 Å². The SMILES string of the molecule is O=C(CC1(O)CCCCC1)NNc1cccnc1Cl. The predicted molar refractivity (Wildman–Crippen MR) is 73.7 cm³/mol. The maximum atomic E-state index is 11.8. The predicted octanol–water partition coefficient (Wildman–Crippen LogP) is 2.26. The molecule has 1 aromatic rings. The highest BCUT2D eigenvalue weighted by molar-refractivity contribution is 6.31. The second-order valence-corrected chi connectivity index (χ2v) is 5.33. The Morgan fingerprint density at radius 2 is 2.16 bits per heavy atom. The molecule has 0 aromatic carbocycles. The highest BCUT2D eigenvalue weighted by Crippen LogP contribution is 2.30. The van der Waals surface area contributed by atoms with Crippen LogP contribution < -0.4 is 10.9 Å². The minimum absolute atomic E-state index is 0.109. The molecule has 0 bridgehead atoms. The highest BCUT2D eigenvalue weighted by atomic mass is 35.5. The van der Waals surface area contributed by atoms with Gasteiger partial charge in [-0.25, -0.2) is 4.98 Å². The second kappa shape index (κ2) is 6.21. The molecule has 0 aliphatic heterocycles. The van der Waals surface area contributed by atoms with E-state index in [0.717, 1.165) is 19.3 Å². The first kappa shape index (κ1) is 14.1. The molecule has 0 unspecified atom stereocenters. The molecule has 5 nitrogen and oxygen atoms in total. The lowest BCUT2D eigenvalue weighted by atomic mass is 9.82. The summed E-state index contributed by atoms with van der Waals surface area (Å²) in [5, 5.41) is 10.6. The summed E-state index contributed by atoms with van der Waals surface area (Å²) in [5.41, 5.74) is 4.93. The van der Waals surface area contributed by atoms with Crippen LogP contribution in [-0.2, 0) is 4.79 Å². The van der Waals surface area contributed by atoms with Crippen molar-refractivity contribution in [2.45, 2.75) is 44.1 Å². The summed E-state index contributed by atoms with van der Waals surface area (Å²) in [4.78, 5) is 15.7. The molecule has 0 spiro atoms. The number of amides is 1. The first-order valence-electron chi connectivity index (χ1n) is 6.47. The van der Waals surface area contributed by atoms with Crippen LogP contribution in [0.15, 0.2) is 18.3 Å². The van der Waals surface area contributed by atoms with Crippen molar-refractivity contribution < 1.29 is 9.90 Å². The first-order valence-corrected chi connectivity index (χ1v) is 6.85. The average Bonchev–Trinajstić information content (AvgIpc) is 2.38. The van der Waals surface area contributed by atoms with Crippen LogP contribution in [0.2, 0.25) is 5.15 Å². The molecule has 19 heavy (non-hydrogen) atoms. The zero-order chi connectivity index (χ0) is 13.7. The summed E-state index contributed by atoms with van der Waals surface area (Å²) in [7, 11) is 0. The van der Waals surface area contributed by atoms with E-state index >= 15 is 0 Å². The molecule has 1 aliphatic rings. The number of hydrogen-bond acceptors (Lipinski definition) is 4. The third-order valence-corrected chi connectivity index (χ3v) is 3.67. The lowest BCUT2D eigenvalue weighted by molar-refractivity contribution is -0.126. The number of aliphatic hydroxyl groups is 1. The number of aromatic nitrogens is 1. The molecule has 1 saturated carbocycles. The molecule has 0 radical (unpaired) electrons. The van der Waals surface area contributed by atoms with E-state index in [0.29, 0.717) is 23.7 Å². The molecule has 1 fully saturated rings. The van der Waals surface area contributed by atoms with Gasteiger partial charge in [0, 0.05) is 6.20 Å². The fraction of sp³-hybridized carbons (Fsp3) is 0.538. The monoisotopic (exact) mass is 283 g/mol. The smallest absolute Gasteiger partial charge is 0.241 e. The van der Waals surface area contributed by atoms with Crippen molar-refractivity contribution in [2.24, 2.45) is 0 Å². The summed E-state index contributed by atoms with van der Waals surface area (Å²) in [5.74, 6) is -0.246. The summed E-state index contributed by atoms with van der Waals surface area (Å²) >= 11 is 5.85. The van der Waals surface area contributed by atoms with Crippen molar-refractivity contribution in [3.63, 3.8) is 0 Å². The Labute approximate surface area is 117 Å². The van der Waals surface area contributed by atoms with Gasteiger partial charge < -0.3 is 5.11 Å². The van der Waals surface area contributed by atoms with E-state index < -0.39 is 5.60 Å². The molecular weight excluding hydrogens is 266 g/mol. The number of hydrazine groups is 1. The minimum Gasteiger partial charge on any atom is -0.389 e. The lowest BCUT2D eigenvalue weighted by Crippen LogP contribution is -2.40. The van der Waals surface area contributed by atoms with E-state index in [9.17, 15) is 9.90 Å². The summed E-state index contributed by atoms with van der Waals surface area (Å²) < 4.78 is 0. The Morgan fingerprint density at radius 1 is 1.42 bits per heavy atom. The van der Waals surface area contributed by atoms with Gasteiger partial charge in [-0.05, 0) is 25.0 Å². The van der Waals surface area contributed by atoms with Crippen molar-refractivity contribution in [2.75, 3.05) is 5.43 Å². The van der Waals surface area contributed by atoms with E-state index in [1.807, 2.05) is 0 Å². The number of pyridine rings is 1. The summed E-state index contributed by atoms with van der Waals surface area (Å²) in [6.45, 7) is 0. The van der Waals surface area contributed by atoms with Gasteiger partial charge in [0.05, 0.1) is 17.7 Å². The van der Waals surface area contributed by atoms with E-state index in [1.54, 1.807) is 18.3 Å². The quantitative estimate of drug-likeness (QED) is 0.585. The number of hydrogen-bond donors (Lipinski definition) is 3. The molecule has 0 saturated heterocycles. The molecule has 2 rings (SSSR count). The molecule has 104 valence electrons. The Hall–Kier alpha value is -1.33. The van der Waals surface area contributed by atoms with Crippen LogP contribution >= 0.6 is 11.6 Å². The average molecular weight is 284 g/mol. The number of halogens is 1. The van der Waals surface area contributed by atoms with E-state index in [4.69, 9.17) is 11.6 Å². The first-order chi connectivity index (χ1) is 9.09. The van der Waals surface area contributed by atoms with Crippen molar-refractivity contribution in [1.82, 2.24) is 10.4 Å². The largest absolute Gasteiger partial charge is 0.389 e. The zero-order valence-corrected chi connectivity index (χ0v) is 11.4. The van der Waals surface area contributed by atoms with E-state index in [1.165, 1.54) is 0 Å². The number of nitrogens with zero attached hydrogens (tertiary/aromatic N) is 1. The van der Waals surface area contributed by atoms with Gasteiger partial charge in [-0.1, -0.05) is 30.9 Å². The standard InChI is InChI=1S/C13H18ClN3O2/c14-12-10(5-4-8-15-12)16-17-11(18)9-13(19)6-2-1-3-7-13/h4-5,8,16,19H,1-3,6-7,9H2,(H,17,18). The third-order valence-electron chi connectivity index (χ3n) is 3.37. The fourth-order valence-electron chi connectivity index (χ4n) is 2.35. The number of carbonyl (C=O) groups excluding carboxylic acids is 1. The Balaban J connectivity index is 1.83. The van der Waals surface area contributed by atoms with Crippen LogP contribution in [-0.4, -0.2) is 21.6 Å². The number of nitrogens with one attached hydrogen (secondary N) is 2. The number of rotatable bonds is 4. The van der Waals surface area contributed by atoms with Gasteiger partial charge in [-0.3, -0.25) is 15.6 Å². The lowest BCUT2D eigenvalue weighted by Gasteiger charge is -2.31. The molecule has 6 heteroatoms. The molecule has 3 N–H and O–H groups in total. The van der Waals surface area contributed by atoms with Crippen molar-refractivity contribution in [1.29, 1.82) is 0 Å². The van der Waals surface area contributed by atoms with Crippen LogP contribution in [0.3, 0.4) is 0 Å². The van der Waals surface area contributed by atoms with Gasteiger partial charge in [0.15, 0.2) is 5.15 Å². The normalized spacial score (nSPS) is 17.8. The number of carbonyl (C=O) groups is 1. The van der Waals surface area contributed by atoms with Crippen LogP contribution in [0.25, 0.3) is 0 Å². The van der Waals surface area contributed by atoms with Gasteiger partial charge in [-0.15, -0.1) is 0 Å². The molecule has 1 aromatic heterocycles. The highest BCUT2D eigenvalue weighted by Gasteiger charge is 2.31. The van der Waals surface area contributed by atoms with Crippen LogP contribution in [0.4, 0.5) is 5.69 Å². The Kier molecular flexibility index (Phi) is 4.61. The molecule has 1 heterocycles. The van der Waals surface area contributed by atoms with Crippen molar-refractivity contribution in [3.8, 4) is 0 Å². The maximum Gasteiger partial charge on any atom is 0.241 e. The fourth-order valence-corrected chi connectivity index (χ4v) is 2.51. The number of anilines is 1. The molecule has 0 atom stereocenters. The second-order valence-electron chi connectivity index (χ2n) is 4.98. The van der Waals surface area contributed by atoms with Crippen molar-refractivity contribution >= 4 is 23.2 Å². The molecular formula is C13H18ClN3O2. The Bertz CT molecular complexity index is 447. The van der Waals surface area contributed by atoms with Gasteiger partial charge in [0.2, 0.25) is 5.91 Å². The van der Waals surface area contributed by atoms with Crippen LogP contribution in [0.5, 0.6) is 0 Å². The minimum atomic E-state index is -0.858. The van der Waals surface area contributed by atoms with Crippen LogP contribution in [0, 0.1) is 0 Å². The van der Waals surface area contributed by atoms with Crippen molar-refractivity contribution in [3.05, 3.63) is 23.5 Å².